The van der Waals surface area contributed by atoms with Crippen LogP contribution in [-0.4, -0.2) is 35.6 Å². The highest BCUT2D eigenvalue weighted by atomic mass is 19.4. The number of rotatable bonds is 6. The van der Waals surface area contributed by atoms with E-state index in [1.165, 1.54) is 18.2 Å². The van der Waals surface area contributed by atoms with Crippen LogP contribution in [-0.2, 0) is 0 Å². The summed E-state index contributed by atoms with van der Waals surface area (Å²) in [7, 11) is 0. The predicted molar refractivity (Wildman–Crippen MR) is 114 cm³/mol. The molecule has 0 unspecified atom stereocenters. The molecular formula is C22H20F3N5O2. The zero-order valence-corrected chi connectivity index (χ0v) is 16.9. The Morgan fingerprint density at radius 1 is 1.00 bits per heavy atom. The second-order valence-corrected chi connectivity index (χ2v) is 7.19. The molecule has 3 aromatic rings. The summed E-state index contributed by atoms with van der Waals surface area (Å²) in [5.74, 6) is -0.689. The molecule has 2 aromatic carbocycles. The van der Waals surface area contributed by atoms with Crippen LogP contribution in [0.1, 0.15) is 23.2 Å². The minimum atomic E-state index is -4.89. The summed E-state index contributed by atoms with van der Waals surface area (Å²) >= 11 is 0. The Bertz CT molecular complexity index is 1080. The number of amides is 1. The average molecular weight is 443 g/mol. The van der Waals surface area contributed by atoms with Gasteiger partial charge in [0.2, 0.25) is 0 Å². The van der Waals surface area contributed by atoms with Gasteiger partial charge in [0, 0.05) is 30.5 Å². The van der Waals surface area contributed by atoms with Crippen LogP contribution in [0.25, 0.3) is 0 Å². The molecular weight excluding hydrogens is 423 g/mol. The summed E-state index contributed by atoms with van der Waals surface area (Å²) in [6, 6.07) is 13.8. The van der Waals surface area contributed by atoms with E-state index in [0.717, 1.165) is 43.4 Å². The molecule has 10 heteroatoms. The fraction of sp³-hybridized carbons (Fsp3) is 0.227. The van der Waals surface area contributed by atoms with Gasteiger partial charge < -0.3 is 20.3 Å². The summed E-state index contributed by atoms with van der Waals surface area (Å²) in [5, 5.41) is 13.9. The van der Waals surface area contributed by atoms with Crippen LogP contribution < -0.4 is 20.3 Å². The van der Waals surface area contributed by atoms with Crippen LogP contribution in [0, 0.1) is 0 Å². The van der Waals surface area contributed by atoms with Gasteiger partial charge in [-0.15, -0.1) is 18.3 Å². The van der Waals surface area contributed by atoms with Crippen molar-refractivity contribution in [3.8, 4) is 5.75 Å². The number of para-hydroxylation sites is 1. The third-order valence-electron chi connectivity index (χ3n) is 4.88. The van der Waals surface area contributed by atoms with E-state index in [4.69, 9.17) is 0 Å². The third-order valence-corrected chi connectivity index (χ3v) is 4.88. The Hall–Kier alpha value is -3.82. The SMILES string of the molecule is O=C(Nc1ccc(Nc2cc(N3CCCC3)cnn2)cc1)c1ccccc1OC(F)(F)F. The van der Waals surface area contributed by atoms with Crippen molar-refractivity contribution in [1.82, 2.24) is 10.2 Å². The van der Waals surface area contributed by atoms with E-state index in [9.17, 15) is 18.0 Å². The summed E-state index contributed by atoms with van der Waals surface area (Å²) in [6.07, 6.45) is -0.843. The van der Waals surface area contributed by atoms with Gasteiger partial charge >= 0.3 is 6.36 Å². The number of benzene rings is 2. The number of hydrogen-bond donors (Lipinski definition) is 2. The van der Waals surface area contributed by atoms with Gasteiger partial charge in [0.15, 0.2) is 5.82 Å². The van der Waals surface area contributed by atoms with Crippen LogP contribution in [0.15, 0.2) is 60.8 Å². The zero-order chi connectivity index (χ0) is 22.6. The van der Waals surface area contributed by atoms with Crippen molar-refractivity contribution in [2.75, 3.05) is 28.6 Å². The summed E-state index contributed by atoms with van der Waals surface area (Å²) in [6.45, 7) is 1.99. The van der Waals surface area contributed by atoms with E-state index in [1.807, 2.05) is 6.07 Å². The maximum atomic E-state index is 12.6. The highest BCUT2D eigenvalue weighted by molar-refractivity contribution is 6.06. The second kappa shape index (κ2) is 9.13. The number of nitrogens with zero attached hydrogens (tertiary/aromatic N) is 3. The molecule has 2 heterocycles. The van der Waals surface area contributed by atoms with Gasteiger partial charge in [-0.05, 0) is 49.2 Å². The molecule has 1 aromatic heterocycles. The van der Waals surface area contributed by atoms with Crippen LogP contribution >= 0.6 is 0 Å². The van der Waals surface area contributed by atoms with Gasteiger partial charge in [-0.3, -0.25) is 4.79 Å². The van der Waals surface area contributed by atoms with E-state index < -0.39 is 18.0 Å². The molecule has 1 aliphatic rings. The van der Waals surface area contributed by atoms with Crippen molar-refractivity contribution in [3.63, 3.8) is 0 Å². The van der Waals surface area contributed by atoms with Gasteiger partial charge in [-0.2, -0.15) is 5.10 Å². The molecule has 32 heavy (non-hydrogen) atoms. The largest absolute Gasteiger partial charge is 0.573 e. The minimum Gasteiger partial charge on any atom is -0.405 e. The van der Waals surface area contributed by atoms with Crippen molar-refractivity contribution in [2.24, 2.45) is 0 Å². The first kappa shape index (κ1) is 21.4. The van der Waals surface area contributed by atoms with E-state index in [0.29, 0.717) is 11.5 Å². The lowest BCUT2D eigenvalue weighted by atomic mass is 10.2. The van der Waals surface area contributed by atoms with Crippen LogP contribution in [0.4, 0.5) is 36.1 Å². The molecule has 1 saturated heterocycles. The Kier molecular flexibility index (Phi) is 6.11. The molecule has 0 atom stereocenters. The number of ether oxygens (including phenoxy) is 1. The van der Waals surface area contributed by atoms with Crippen molar-refractivity contribution in [1.29, 1.82) is 0 Å². The number of aromatic nitrogens is 2. The van der Waals surface area contributed by atoms with Gasteiger partial charge in [0.25, 0.3) is 5.91 Å². The van der Waals surface area contributed by atoms with Crippen LogP contribution in [0.5, 0.6) is 5.75 Å². The molecule has 1 fully saturated rings. The number of hydrogen-bond acceptors (Lipinski definition) is 6. The first-order chi connectivity index (χ1) is 15.4. The van der Waals surface area contributed by atoms with Crippen LogP contribution in [0.3, 0.4) is 0 Å². The molecule has 1 aliphatic heterocycles. The molecule has 4 rings (SSSR count). The van der Waals surface area contributed by atoms with E-state index in [-0.39, 0.29) is 5.56 Å². The molecule has 0 bridgehead atoms. The molecule has 2 N–H and O–H groups in total. The molecule has 0 aliphatic carbocycles. The fourth-order valence-electron chi connectivity index (χ4n) is 3.42. The number of alkyl halides is 3. The van der Waals surface area contributed by atoms with Gasteiger partial charge in [-0.1, -0.05) is 12.1 Å². The number of carbonyl (C=O) groups excluding carboxylic acids is 1. The Labute approximate surface area is 182 Å². The molecule has 1 amide bonds. The average Bonchev–Trinajstić information content (AvgIpc) is 3.30. The van der Waals surface area contributed by atoms with Crippen molar-refractivity contribution in [2.45, 2.75) is 19.2 Å². The number of carbonyl (C=O) groups is 1. The first-order valence-corrected chi connectivity index (χ1v) is 9.98. The van der Waals surface area contributed by atoms with Gasteiger partial charge in [0.05, 0.1) is 17.4 Å². The summed E-state index contributed by atoms with van der Waals surface area (Å²) < 4.78 is 41.7. The highest BCUT2D eigenvalue weighted by Gasteiger charge is 2.32. The van der Waals surface area contributed by atoms with Crippen molar-refractivity contribution in [3.05, 3.63) is 66.4 Å². The van der Waals surface area contributed by atoms with Gasteiger partial charge in [-0.25, -0.2) is 0 Å². The molecule has 0 spiro atoms. The lowest BCUT2D eigenvalue weighted by Crippen LogP contribution is -2.20. The maximum Gasteiger partial charge on any atom is 0.573 e. The monoisotopic (exact) mass is 443 g/mol. The second-order valence-electron chi connectivity index (χ2n) is 7.19. The Morgan fingerprint density at radius 2 is 1.69 bits per heavy atom. The highest BCUT2D eigenvalue weighted by Crippen LogP contribution is 2.27. The maximum absolute atomic E-state index is 12.6. The molecule has 166 valence electrons. The predicted octanol–water partition coefficient (Wildman–Crippen LogP) is 4.97. The van der Waals surface area contributed by atoms with E-state index in [1.54, 1.807) is 30.5 Å². The fourth-order valence-corrected chi connectivity index (χ4v) is 3.42. The lowest BCUT2D eigenvalue weighted by Gasteiger charge is -2.17. The number of halogens is 3. The van der Waals surface area contributed by atoms with Crippen LogP contribution in [0.2, 0.25) is 0 Å². The molecule has 7 nitrogen and oxygen atoms in total. The summed E-state index contributed by atoms with van der Waals surface area (Å²) in [5.41, 5.74) is 1.92. The lowest BCUT2D eigenvalue weighted by molar-refractivity contribution is -0.274. The van der Waals surface area contributed by atoms with E-state index >= 15 is 0 Å². The standard InChI is InChI=1S/C22H20F3N5O2/c23-22(24,25)32-19-6-2-1-5-18(19)21(31)28-16-9-7-15(8-10-16)27-20-13-17(14-26-29-20)30-11-3-4-12-30/h1-2,5-10,13-14H,3-4,11-12H2,(H,27,29)(H,28,31). The van der Waals surface area contributed by atoms with Crippen molar-refractivity contribution >= 4 is 28.8 Å². The number of anilines is 4. The summed E-state index contributed by atoms with van der Waals surface area (Å²) in [4.78, 5) is 14.7. The Morgan fingerprint density at radius 3 is 2.41 bits per heavy atom. The third kappa shape index (κ3) is 5.45. The van der Waals surface area contributed by atoms with Crippen molar-refractivity contribution < 1.29 is 22.7 Å². The molecule has 0 saturated carbocycles. The number of nitrogens with one attached hydrogen (secondary N) is 2. The molecule has 0 radical (unpaired) electrons. The smallest absolute Gasteiger partial charge is 0.405 e. The Balaban J connectivity index is 1.42. The minimum absolute atomic E-state index is 0.221. The zero-order valence-electron chi connectivity index (χ0n) is 16.9. The normalized spacial score (nSPS) is 13.7. The quantitative estimate of drug-likeness (QED) is 0.560. The van der Waals surface area contributed by atoms with E-state index in [2.05, 4.69) is 30.5 Å². The first-order valence-electron chi connectivity index (χ1n) is 9.98. The van der Waals surface area contributed by atoms with Gasteiger partial charge in [0.1, 0.15) is 5.75 Å². The topological polar surface area (TPSA) is 79.4 Å².